The fourth-order valence-electron chi connectivity index (χ4n) is 2.62. The molecule has 1 aliphatic rings. The summed E-state index contributed by atoms with van der Waals surface area (Å²) in [6.07, 6.45) is 3.60. The zero-order valence-corrected chi connectivity index (χ0v) is 13.0. The molecule has 0 radical (unpaired) electrons. The van der Waals surface area contributed by atoms with Gasteiger partial charge in [0.05, 0.1) is 22.7 Å². The molecule has 0 aromatic heterocycles. The predicted octanol–water partition coefficient (Wildman–Crippen LogP) is 3.66. The van der Waals surface area contributed by atoms with Crippen LogP contribution in [-0.4, -0.2) is 23.2 Å². The normalized spacial score (nSPS) is 26.3. The lowest BCUT2D eigenvalue weighted by Gasteiger charge is -2.38. The van der Waals surface area contributed by atoms with E-state index in [2.05, 4.69) is 12.2 Å². The molecular formula is C15H19Cl2NO2. The van der Waals surface area contributed by atoms with Crippen molar-refractivity contribution in [2.75, 3.05) is 6.61 Å². The molecule has 1 aliphatic carbocycles. The van der Waals surface area contributed by atoms with Gasteiger partial charge in [-0.1, -0.05) is 30.1 Å². The Labute approximate surface area is 129 Å². The van der Waals surface area contributed by atoms with Crippen molar-refractivity contribution >= 4 is 29.1 Å². The van der Waals surface area contributed by atoms with Crippen LogP contribution in [-0.2, 0) is 0 Å². The van der Waals surface area contributed by atoms with Crippen LogP contribution in [0.5, 0.6) is 0 Å². The molecule has 0 aliphatic heterocycles. The van der Waals surface area contributed by atoms with Crippen molar-refractivity contribution in [2.45, 2.75) is 38.1 Å². The number of amides is 1. The molecule has 1 amide bonds. The van der Waals surface area contributed by atoms with Gasteiger partial charge >= 0.3 is 0 Å². The van der Waals surface area contributed by atoms with E-state index >= 15 is 0 Å². The van der Waals surface area contributed by atoms with E-state index in [0.717, 1.165) is 25.7 Å². The van der Waals surface area contributed by atoms with Gasteiger partial charge in [-0.3, -0.25) is 4.79 Å². The molecule has 0 spiro atoms. The smallest absolute Gasteiger partial charge is 0.253 e. The summed E-state index contributed by atoms with van der Waals surface area (Å²) in [5, 5.41) is 13.5. The number of benzene rings is 1. The number of aliphatic hydroxyl groups excluding tert-OH is 1. The third-order valence-electron chi connectivity index (χ3n) is 4.09. The molecule has 0 unspecified atom stereocenters. The number of hydrogen-bond acceptors (Lipinski definition) is 2. The van der Waals surface area contributed by atoms with E-state index in [1.54, 1.807) is 18.2 Å². The first-order valence-electron chi connectivity index (χ1n) is 6.84. The number of hydrogen-bond donors (Lipinski definition) is 2. The highest BCUT2D eigenvalue weighted by atomic mass is 35.5. The van der Waals surface area contributed by atoms with Crippen LogP contribution in [0.25, 0.3) is 0 Å². The molecule has 5 heteroatoms. The van der Waals surface area contributed by atoms with Gasteiger partial charge in [0.1, 0.15) is 0 Å². The Kier molecular flexibility index (Phi) is 4.95. The van der Waals surface area contributed by atoms with E-state index in [-0.39, 0.29) is 12.5 Å². The average Bonchev–Trinajstić information content (AvgIpc) is 2.41. The second-order valence-corrected chi connectivity index (χ2v) is 6.54. The molecule has 3 nitrogen and oxygen atoms in total. The highest BCUT2D eigenvalue weighted by molar-refractivity contribution is 6.36. The molecular weight excluding hydrogens is 297 g/mol. The molecule has 1 saturated carbocycles. The molecule has 1 aromatic carbocycles. The zero-order chi connectivity index (χ0) is 14.8. The largest absolute Gasteiger partial charge is 0.394 e. The van der Waals surface area contributed by atoms with Crippen molar-refractivity contribution in [2.24, 2.45) is 5.92 Å². The van der Waals surface area contributed by atoms with Gasteiger partial charge in [-0.05, 0) is 49.8 Å². The van der Waals surface area contributed by atoms with Crippen LogP contribution >= 0.6 is 23.2 Å². The van der Waals surface area contributed by atoms with Crippen molar-refractivity contribution in [1.82, 2.24) is 5.32 Å². The van der Waals surface area contributed by atoms with E-state index in [9.17, 15) is 9.90 Å². The third-order valence-corrected chi connectivity index (χ3v) is 4.64. The van der Waals surface area contributed by atoms with Crippen LogP contribution in [0, 0.1) is 5.92 Å². The molecule has 0 bridgehead atoms. The van der Waals surface area contributed by atoms with Crippen LogP contribution in [0.4, 0.5) is 0 Å². The summed E-state index contributed by atoms with van der Waals surface area (Å²) >= 11 is 11.9. The molecule has 1 aromatic rings. The van der Waals surface area contributed by atoms with E-state index in [0.29, 0.717) is 21.5 Å². The van der Waals surface area contributed by atoms with Gasteiger partial charge in [0, 0.05) is 5.02 Å². The second-order valence-electron chi connectivity index (χ2n) is 5.70. The van der Waals surface area contributed by atoms with Crippen LogP contribution < -0.4 is 5.32 Å². The van der Waals surface area contributed by atoms with E-state index in [4.69, 9.17) is 23.2 Å². The van der Waals surface area contributed by atoms with Gasteiger partial charge in [-0.15, -0.1) is 0 Å². The van der Waals surface area contributed by atoms with Crippen LogP contribution in [0.2, 0.25) is 10.0 Å². The Hall–Kier alpha value is -0.770. The zero-order valence-electron chi connectivity index (χ0n) is 11.5. The van der Waals surface area contributed by atoms with Gasteiger partial charge in [-0.2, -0.15) is 0 Å². The molecule has 110 valence electrons. The Morgan fingerprint density at radius 3 is 2.60 bits per heavy atom. The molecule has 0 heterocycles. The SMILES string of the molecule is CC1CCC(CO)(NC(=O)c2ccc(Cl)cc2Cl)CC1. The lowest BCUT2D eigenvalue weighted by molar-refractivity contribution is 0.0717. The van der Waals surface area contributed by atoms with Crippen LogP contribution in [0.15, 0.2) is 18.2 Å². The van der Waals surface area contributed by atoms with E-state index in [1.807, 2.05) is 0 Å². The average molecular weight is 316 g/mol. The molecule has 20 heavy (non-hydrogen) atoms. The van der Waals surface area contributed by atoms with Gasteiger partial charge in [0.25, 0.3) is 5.91 Å². The summed E-state index contributed by atoms with van der Waals surface area (Å²) in [7, 11) is 0. The topological polar surface area (TPSA) is 49.3 Å². The van der Waals surface area contributed by atoms with E-state index in [1.165, 1.54) is 0 Å². The summed E-state index contributed by atoms with van der Waals surface area (Å²) in [6, 6.07) is 4.79. The third kappa shape index (κ3) is 3.46. The number of rotatable bonds is 3. The quantitative estimate of drug-likeness (QED) is 0.894. The molecule has 0 atom stereocenters. The van der Waals surface area contributed by atoms with Gasteiger partial charge < -0.3 is 10.4 Å². The maximum absolute atomic E-state index is 12.3. The molecule has 2 rings (SSSR count). The Morgan fingerprint density at radius 1 is 1.40 bits per heavy atom. The van der Waals surface area contributed by atoms with Gasteiger partial charge in [-0.25, -0.2) is 0 Å². The highest BCUT2D eigenvalue weighted by Crippen LogP contribution is 2.32. The lowest BCUT2D eigenvalue weighted by atomic mass is 9.77. The number of halogens is 2. The minimum Gasteiger partial charge on any atom is -0.394 e. The lowest BCUT2D eigenvalue weighted by Crippen LogP contribution is -2.53. The van der Waals surface area contributed by atoms with Crippen molar-refractivity contribution in [3.05, 3.63) is 33.8 Å². The summed E-state index contributed by atoms with van der Waals surface area (Å²) < 4.78 is 0. The maximum Gasteiger partial charge on any atom is 0.253 e. The van der Waals surface area contributed by atoms with Crippen molar-refractivity contribution in [1.29, 1.82) is 0 Å². The second kappa shape index (κ2) is 6.33. The Morgan fingerprint density at radius 2 is 2.05 bits per heavy atom. The van der Waals surface area contributed by atoms with Crippen molar-refractivity contribution in [3.8, 4) is 0 Å². The van der Waals surface area contributed by atoms with Gasteiger partial charge in [0.15, 0.2) is 0 Å². The first-order valence-corrected chi connectivity index (χ1v) is 7.60. The summed E-state index contributed by atoms with van der Waals surface area (Å²) in [5.41, 5.74) is -0.130. The van der Waals surface area contributed by atoms with Crippen molar-refractivity contribution < 1.29 is 9.90 Å². The number of carbonyl (C=O) groups excluding carboxylic acids is 1. The fraction of sp³-hybridized carbons (Fsp3) is 0.533. The minimum absolute atomic E-state index is 0.0450. The molecule has 0 saturated heterocycles. The van der Waals surface area contributed by atoms with Crippen LogP contribution in [0.1, 0.15) is 43.0 Å². The van der Waals surface area contributed by atoms with Gasteiger partial charge in [0.2, 0.25) is 0 Å². The Bertz CT molecular complexity index is 497. The maximum atomic E-state index is 12.3. The first-order chi connectivity index (χ1) is 9.46. The first kappa shape index (κ1) is 15.6. The number of nitrogens with one attached hydrogen (secondary N) is 1. The number of carbonyl (C=O) groups is 1. The van der Waals surface area contributed by atoms with Crippen LogP contribution in [0.3, 0.4) is 0 Å². The molecule has 1 fully saturated rings. The molecule has 2 N–H and O–H groups in total. The summed E-state index contributed by atoms with van der Waals surface area (Å²) in [5.74, 6) is 0.390. The van der Waals surface area contributed by atoms with Crippen molar-refractivity contribution in [3.63, 3.8) is 0 Å². The predicted molar refractivity (Wildman–Crippen MR) is 81.4 cm³/mol. The highest BCUT2D eigenvalue weighted by Gasteiger charge is 2.35. The summed E-state index contributed by atoms with van der Waals surface area (Å²) in [6.45, 7) is 2.15. The monoisotopic (exact) mass is 315 g/mol. The standard InChI is InChI=1S/C15H19Cl2NO2/c1-10-4-6-15(9-19,7-5-10)18-14(20)12-3-2-11(16)8-13(12)17/h2-3,8,10,19H,4-7,9H2,1H3,(H,18,20). The summed E-state index contributed by atoms with van der Waals surface area (Å²) in [4.78, 5) is 12.3. The fourth-order valence-corrected chi connectivity index (χ4v) is 3.11. The minimum atomic E-state index is -0.521. The van der Waals surface area contributed by atoms with E-state index < -0.39 is 5.54 Å². The Balaban J connectivity index is 2.13. The number of aliphatic hydroxyl groups is 1.